The average Bonchev–Trinajstić information content (AvgIpc) is 2.52. The van der Waals surface area contributed by atoms with Crippen molar-refractivity contribution in [3.05, 3.63) is 34.3 Å². The summed E-state index contributed by atoms with van der Waals surface area (Å²) in [4.78, 5) is 36.5. The molecule has 120 valence electrons. The van der Waals surface area contributed by atoms with Gasteiger partial charge in [0.2, 0.25) is 0 Å². The predicted molar refractivity (Wildman–Crippen MR) is 85.4 cm³/mol. The molecular weight excluding hydrogens is 352 g/mol. The maximum atomic E-state index is 11.8. The van der Waals surface area contributed by atoms with Crippen molar-refractivity contribution < 1.29 is 19.1 Å². The van der Waals surface area contributed by atoms with Gasteiger partial charge in [-0.25, -0.2) is 0 Å². The van der Waals surface area contributed by atoms with Gasteiger partial charge in [0, 0.05) is 23.1 Å². The lowest BCUT2D eigenvalue weighted by atomic mass is 10.2. The van der Waals surface area contributed by atoms with Crippen LogP contribution in [0, 0.1) is 0 Å². The predicted octanol–water partition coefficient (Wildman–Crippen LogP) is 1.59. The number of ether oxygens (including phenoxy) is 1. The topological polar surface area (TPSA) is 75.7 Å². The fraction of sp³-hybridized carbons (Fsp3) is 0.400. The van der Waals surface area contributed by atoms with Crippen molar-refractivity contribution in [2.24, 2.45) is 0 Å². The molecule has 1 aromatic rings. The molecule has 0 fully saturated rings. The molecule has 0 heterocycles. The van der Waals surface area contributed by atoms with E-state index in [0.29, 0.717) is 18.7 Å². The summed E-state index contributed by atoms with van der Waals surface area (Å²) in [6.07, 6.45) is 0. The number of hydrogen-bond acceptors (Lipinski definition) is 4. The zero-order chi connectivity index (χ0) is 16.5. The second-order valence-corrected chi connectivity index (χ2v) is 5.33. The summed E-state index contributed by atoms with van der Waals surface area (Å²) in [5, 5.41) is 2.45. The Labute approximate surface area is 137 Å². The number of amides is 2. The highest BCUT2D eigenvalue weighted by molar-refractivity contribution is 9.10. The third-order valence-corrected chi connectivity index (χ3v) is 3.50. The summed E-state index contributed by atoms with van der Waals surface area (Å²) in [6.45, 7) is 4.23. The molecule has 1 rings (SSSR count). The van der Waals surface area contributed by atoms with Crippen LogP contribution in [0.4, 0.5) is 0 Å². The van der Waals surface area contributed by atoms with E-state index in [4.69, 9.17) is 4.74 Å². The summed E-state index contributed by atoms with van der Waals surface area (Å²) >= 11 is 3.27. The highest BCUT2D eigenvalue weighted by atomic mass is 79.9. The third-order valence-electron chi connectivity index (χ3n) is 2.97. The summed E-state index contributed by atoms with van der Waals surface area (Å²) in [5.41, 5.74) is 0.440. The maximum Gasteiger partial charge on any atom is 0.325 e. The van der Waals surface area contributed by atoms with E-state index < -0.39 is 5.97 Å². The van der Waals surface area contributed by atoms with Gasteiger partial charge in [0.1, 0.15) is 6.54 Å². The highest BCUT2D eigenvalue weighted by Gasteiger charge is 2.13. The van der Waals surface area contributed by atoms with Gasteiger partial charge in [-0.2, -0.15) is 0 Å². The molecule has 1 aromatic carbocycles. The molecule has 7 heteroatoms. The molecule has 2 amide bonds. The van der Waals surface area contributed by atoms with Crippen molar-refractivity contribution in [2.75, 3.05) is 26.2 Å². The van der Waals surface area contributed by atoms with Crippen LogP contribution >= 0.6 is 15.9 Å². The largest absolute Gasteiger partial charge is 0.454 e. The van der Waals surface area contributed by atoms with Gasteiger partial charge in [0.15, 0.2) is 6.61 Å². The molecule has 22 heavy (non-hydrogen) atoms. The Balaban J connectivity index is 2.35. The molecule has 0 spiro atoms. The normalized spacial score (nSPS) is 9.95. The Morgan fingerprint density at radius 1 is 1.14 bits per heavy atom. The molecule has 1 N–H and O–H groups in total. The van der Waals surface area contributed by atoms with Crippen molar-refractivity contribution in [2.45, 2.75) is 13.8 Å². The van der Waals surface area contributed by atoms with Crippen LogP contribution < -0.4 is 5.32 Å². The first kappa shape index (κ1) is 18.2. The van der Waals surface area contributed by atoms with Gasteiger partial charge < -0.3 is 15.0 Å². The Morgan fingerprint density at radius 3 is 2.27 bits per heavy atom. The fourth-order valence-corrected chi connectivity index (χ4v) is 1.98. The number of nitrogens with zero attached hydrogens (tertiary/aromatic N) is 1. The smallest absolute Gasteiger partial charge is 0.325 e. The van der Waals surface area contributed by atoms with Crippen LogP contribution in [0.25, 0.3) is 0 Å². The van der Waals surface area contributed by atoms with Crippen LogP contribution in [-0.2, 0) is 14.3 Å². The number of benzene rings is 1. The molecule has 0 saturated carbocycles. The quantitative estimate of drug-likeness (QED) is 0.739. The molecule has 0 unspecified atom stereocenters. The lowest BCUT2D eigenvalue weighted by Crippen LogP contribution is -2.36. The maximum absolute atomic E-state index is 11.8. The average molecular weight is 371 g/mol. The lowest BCUT2D eigenvalue weighted by molar-refractivity contribution is -0.151. The number of esters is 1. The van der Waals surface area contributed by atoms with E-state index in [1.165, 1.54) is 0 Å². The van der Waals surface area contributed by atoms with Crippen LogP contribution in [0.15, 0.2) is 28.7 Å². The lowest BCUT2D eigenvalue weighted by Gasteiger charge is -2.18. The summed E-state index contributed by atoms with van der Waals surface area (Å²) < 4.78 is 5.70. The minimum atomic E-state index is -0.647. The van der Waals surface area contributed by atoms with Crippen molar-refractivity contribution >= 4 is 33.7 Å². The number of rotatable bonds is 7. The number of hydrogen-bond donors (Lipinski definition) is 1. The molecule has 0 atom stereocenters. The van der Waals surface area contributed by atoms with Gasteiger partial charge in [-0.05, 0) is 38.1 Å². The fourth-order valence-electron chi connectivity index (χ4n) is 1.72. The van der Waals surface area contributed by atoms with E-state index in [-0.39, 0.29) is 25.0 Å². The van der Waals surface area contributed by atoms with Crippen LogP contribution in [0.2, 0.25) is 0 Å². The monoisotopic (exact) mass is 370 g/mol. The van der Waals surface area contributed by atoms with Gasteiger partial charge in [0.05, 0.1) is 0 Å². The Hall–Kier alpha value is -1.89. The van der Waals surface area contributed by atoms with Crippen LogP contribution in [0.1, 0.15) is 24.2 Å². The zero-order valence-electron chi connectivity index (χ0n) is 12.6. The zero-order valence-corrected chi connectivity index (χ0v) is 14.2. The SMILES string of the molecule is CCN(CC)C(=O)COC(=O)CNC(=O)c1ccc(Br)cc1. The molecule has 0 saturated heterocycles. The molecule has 0 aromatic heterocycles. The van der Waals surface area contributed by atoms with Crippen molar-refractivity contribution in [3.63, 3.8) is 0 Å². The van der Waals surface area contributed by atoms with Crippen LogP contribution in [0.5, 0.6) is 0 Å². The van der Waals surface area contributed by atoms with E-state index in [9.17, 15) is 14.4 Å². The van der Waals surface area contributed by atoms with E-state index in [1.54, 1.807) is 29.2 Å². The third kappa shape index (κ3) is 5.85. The first-order valence-electron chi connectivity index (χ1n) is 6.95. The second kappa shape index (κ2) is 9.19. The molecule has 0 aliphatic heterocycles. The van der Waals surface area contributed by atoms with Gasteiger partial charge in [-0.3, -0.25) is 14.4 Å². The summed E-state index contributed by atoms with van der Waals surface area (Å²) in [5.74, 6) is -1.27. The summed E-state index contributed by atoms with van der Waals surface area (Å²) in [6, 6.07) is 6.73. The van der Waals surface area contributed by atoms with Gasteiger partial charge >= 0.3 is 5.97 Å². The first-order chi connectivity index (χ1) is 10.5. The summed E-state index contributed by atoms with van der Waals surface area (Å²) in [7, 11) is 0. The van der Waals surface area contributed by atoms with E-state index in [1.807, 2.05) is 13.8 Å². The van der Waals surface area contributed by atoms with E-state index >= 15 is 0 Å². The van der Waals surface area contributed by atoms with Gasteiger partial charge in [0.25, 0.3) is 11.8 Å². The van der Waals surface area contributed by atoms with Crippen molar-refractivity contribution in [1.82, 2.24) is 10.2 Å². The van der Waals surface area contributed by atoms with Gasteiger partial charge in [-0.1, -0.05) is 15.9 Å². The molecular formula is C15H19BrN2O4. The number of likely N-dealkylation sites (N-methyl/N-ethyl adjacent to an activating group) is 1. The Morgan fingerprint density at radius 2 is 1.73 bits per heavy atom. The number of carbonyl (C=O) groups excluding carboxylic acids is 3. The number of carbonyl (C=O) groups is 3. The molecule has 0 aliphatic carbocycles. The van der Waals surface area contributed by atoms with Gasteiger partial charge in [-0.15, -0.1) is 0 Å². The minimum Gasteiger partial charge on any atom is -0.454 e. The number of nitrogens with one attached hydrogen (secondary N) is 1. The standard InChI is InChI=1S/C15H19BrN2O4/c1-3-18(4-2)13(19)10-22-14(20)9-17-15(21)11-5-7-12(16)8-6-11/h5-8H,3-4,9-10H2,1-2H3,(H,17,21). The minimum absolute atomic E-state index is 0.252. The van der Waals surface area contributed by atoms with Crippen LogP contribution in [-0.4, -0.2) is 48.9 Å². The van der Waals surface area contributed by atoms with E-state index in [0.717, 1.165) is 4.47 Å². The molecule has 6 nitrogen and oxygen atoms in total. The van der Waals surface area contributed by atoms with Crippen molar-refractivity contribution in [1.29, 1.82) is 0 Å². The first-order valence-corrected chi connectivity index (χ1v) is 7.74. The molecule has 0 aliphatic rings. The second-order valence-electron chi connectivity index (χ2n) is 4.42. The molecule has 0 radical (unpaired) electrons. The van der Waals surface area contributed by atoms with E-state index in [2.05, 4.69) is 21.2 Å². The van der Waals surface area contributed by atoms with Crippen molar-refractivity contribution in [3.8, 4) is 0 Å². The highest BCUT2D eigenvalue weighted by Crippen LogP contribution is 2.10. The number of halogens is 1. The Bertz CT molecular complexity index is 527. The van der Waals surface area contributed by atoms with Crippen LogP contribution in [0.3, 0.4) is 0 Å². The Kier molecular flexibility index (Phi) is 7.59. The molecule has 0 bridgehead atoms.